The molecule has 29 heavy (non-hydrogen) atoms. The van der Waals surface area contributed by atoms with Gasteiger partial charge in [-0.25, -0.2) is 18.4 Å². The van der Waals surface area contributed by atoms with Crippen molar-refractivity contribution in [3.8, 4) is 10.6 Å². The molecular formula is C20H16N4O3S2. The maximum Gasteiger partial charge on any atom is 0.261 e. The average molecular weight is 425 g/mol. The Labute approximate surface area is 171 Å². The Balaban J connectivity index is 1.59. The number of benzene rings is 2. The molecule has 0 aliphatic rings. The summed E-state index contributed by atoms with van der Waals surface area (Å²) in [6, 6.07) is 16.7. The summed E-state index contributed by atoms with van der Waals surface area (Å²) in [5.74, 6) is -0.222. The van der Waals surface area contributed by atoms with Crippen LogP contribution in [0.3, 0.4) is 0 Å². The smallest absolute Gasteiger partial charge is 0.261 e. The molecule has 2 heterocycles. The number of thiazole rings is 1. The van der Waals surface area contributed by atoms with Gasteiger partial charge in [-0.15, -0.1) is 0 Å². The molecule has 1 amide bonds. The lowest BCUT2D eigenvalue weighted by Crippen LogP contribution is -2.13. The van der Waals surface area contributed by atoms with Gasteiger partial charge in [-0.3, -0.25) is 9.52 Å². The van der Waals surface area contributed by atoms with E-state index in [1.807, 2.05) is 18.2 Å². The molecule has 0 unspecified atom stereocenters. The van der Waals surface area contributed by atoms with Gasteiger partial charge in [0.15, 0.2) is 0 Å². The fourth-order valence-electron chi connectivity index (χ4n) is 2.74. The molecule has 0 spiro atoms. The number of hydrogen-bond acceptors (Lipinski definition) is 6. The highest BCUT2D eigenvalue weighted by atomic mass is 32.2. The van der Waals surface area contributed by atoms with E-state index in [2.05, 4.69) is 20.0 Å². The molecule has 0 atom stereocenters. The van der Waals surface area contributed by atoms with Crippen LogP contribution >= 0.6 is 11.3 Å². The summed E-state index contributed by atoms with van der Waals surface area (Å²) in [6.07, 6.45) is 1.71. The maximum atomic E-state index is 12.7. The molecule has 0 aliphatic carbocycles. The number of rotatable bonds is 5. The largest absolute Gasteiger partial charge is 0.326 e. The molecule has 0 saturated carbocycles. The van der Waals surface area contributed by atoms with Crippen molar-refractivity contribution in [3.05, 3.63) is 66.9 Å². The van der Waals surface area contributed by atoms with Crippen molar-refractivity contribution >= 4 is 49.0 Å². The number of carbonyl (C=O) groups excluding carboxylic acids is 1. The molecule has 4 rings (SSSR count). The van der Waals surface area contributed by atoms with Crippen LogP contribution in [-0.4, -0.2) is 24.3 Å². The van der Waals surface area contributed by atoms with Crippen molar-refractivity contribution in [1.82, 2.24) is 9.97 Å². The van der Waals surface area contributed by atoms with E-state index in [1.165, 1.54) is 30.4 Å². The van der Waals surface area contributed by atoms with Gasteiger partial charge in [0.1, 0.15) is 15.4 Å². The van der Waals surface area contributed by atoms with E-state index in [0.717, 1.165) is 20.9 Å². The summed E-state index contributed by atoms with van der Waals surface area (Å²) < 4.78 is 28.0. The zero-order valence-corrected chi connectivity index (χ0v) is 16.9. The van der Waals surface area contributed by atoms with Gasteiger partial charge >= 0.3 is 0 Å². The first-order chi connectivity index (χ1) is 13.9. The standard InChI is InChI=1S/C20H16N4O3S2/c1-13(25)22-15-7-9-17(10-8-15)29(26,27)24-16-5-2-4-14(12-16)19-23-18-6-3-11-21-20(18)28-19/h2-12,24H,1H3,(H,22,25). The van der Waals surface area contributed by atoms with Crippen LogP contribution < -0.4 is 10.0 Å². The van der Waals surface area contributed by atoms with Gasteiger partial charge in [-0.05, 0) is 48.5 Å². The molecule has 0 aliphatic heterocycles. The number of hydrogen-bond donors (Lipinski definition) is 2. The minimum Gasteiger partial charge on any atom is -0.326 e. The Kier molecular flexibility index (Phi) is 4.99. The molecule has 0 radical (unpaired) electrons. The van der Waals surface area contributed by atoms with E-state index >= 15 is 0 Å². The summed E-state index contributed by atoms with van der Waals surface area (Å²) in [7, 11) is -3.77. The Hall–Kier alpha value is -3.30. The molecule has 0 fully saturated rings. The fraction of sp³-hybridized carbons (Fsp3) is 0.0500. The third-order valence-corrected chi connectivity index (χ3v) is 6.44. The Morgan fingerprint density at radius 1 is 1.00 bits per heavy atom. The summed E-state index contributed by atoms with van der Waals surface area (Å²) in [4.78, 5) is 20.9. The molecule has 2 N–H and O–H groups in total. The topological polar surface area (TPSA) is 101 Å². The van der Waals surface area contributed by atoms with E-state index in [9.17, 15) is 13.2 Å². The highest BCUT2D eigenvalue weighted by molar-refractivity contribution is 7.92. The molecular weight excluding hydrogens is 408 g/mol. The lowest BCUT2D eigenvalue weighted by atomic mass is 10.2. The second kappa shape index (κ2) is 7.61. The monoisotopic (exact) mass is 424 g/mol. The molecule has 9 heteroatoms. The molecule has 4 aromatic rings. The van der Waals surface area contributed by atoms with E-state index in [4.69, 9.17) is 0 Å². The maximum absolute atomic E-state index is 12.7. The zero-order valence-electron chi connectivity index (χ0n) is 15.3. The van der Waals surface area contributed by atoms with Crippen molar-refractivity contribution in [2.45, 2.75) is 11.8 Å². The first-order valence-corrected chi connectivity index (χ1v) is 10.9. The number of carbonyl (C=O) groups is 1. The van der Waals surface area contributed by atoms with Crippen LogP contribution in [0.4, 0.5) is 11.4 Å². The van der Waals surface area contributed by atoms with Crippen LogP contribution in [0.5, 0.6) is 0 Å². The van der Waals surface area contributed by atoms with Gasteiger partial charge in [0.25, 0.3) is 10.0 Å². The van der Waals surface area contributed by atoms with E-state index in [0.29, 0.717) is 11.4 Å². The zero-order chi connectivity index (χ0) is 20.4. The normalized spacial score (nSPS) is 11.3. The average Bonchev–Trinajstić information content (AvgIpc) is 3.12. The molecule has 2 aromatic heterocycles. The van der Waals surface area contributed by atoms with E-state index in [-0.39, 0.29) is 10.8 Å². The van der Waals surface area contributed by atoms with Gasteiger partial charge in [0.05, 0.1) is 4.90 Å². The van der Waals surface area contributed by atoms with E-state index < -0.39 is 10.0 Å². The summed E-state index contributed by atoms with van der Waals surface area (Å²) in [6.45, 7) is 1.39. The number of amides is 1. The lowest BCUT2D eigenvalue weighted by Gasteiger charge is -2.10. The summed E-state index contributed by atoms with van der Waals surface area (Å²) >= 11 is 1.45. The first kappa shape index (κ1) is 19.0. The quantitative estimate of drug-likeness (QED) is 0.502. The van der Waals surface area contributed by atoms with Crippen LogP contribution in [0.25, 0.3) is 20.9 Å². The van der Waals surface area contributed by atoms with E-state index in [1.54, 1.807) is 36.5 Å². The van der Waals surface area contributed by atoms with Crippen LogP contribution in [0.1, 0.15) is 6.92 Å². The van der Waals surface area contributed by atoms with Gasteiger partial charge in [0.2, 0.25) is 5.91 Å². The van der Waals surface area contributed by atoms with Gasteiger partial charge in [-0.1, -0.05) is 23.5 Å². The highest BCUT2D eigenvalue weighted by Crippen LogP contribution is 2.30. The van der Waals surface area contributed by atoms with Crippen molar-refractivity contribution in [1.29, 1.82) is 0 Å². The second-order valence-corrected chi connectivity index (χ2v) is 8.90. The fourth-order valence-corrected chi connectivity index (χ4v) is 4.70. The van der Waals surface area contributed by atoms with Gasteiger partial charge in [-0.2, -0.15) is 0 Å². The van der Waals surface area contributed by atoms with Gasteiger partial charge < -0.3 is 5.32 Å². The first-order valence-electron chi connectivity index (χ1n) is 8.63. The predicted octanol–water partition coefficient (Wildman–Crippen LogP) is 4.12. The van der Waals surface area contributed by atoms with Gasteiger partial charge in [0, 0.05) is 30.1 Å². The van der Waals surface area contributed by atoms with Crippen molar-refractivity contribution < 1.29 is 13.2 Å². The number of nitrogens with zero attached hydrogens (tertiary/aromatic N) is 2. The number of pyridine rings is 1. The third-order valence-electron chi connectivity index (χ3n) is 4.01. The molecule has 2 aromatic carbocycles. The molecule has 146 valence electrons. The third kappa shape index (κ3) is 4.25. The summed E-state index contributed by atoms with van der Waals surface area (Å²) in [5, 5.41) is 3.37. The number of nitrogens with one attached hydrogen (secondary N) is 2. The minimum atomic E-state index is -3.77. The molecule has 7 nitrogen and oxygen atoms in total. The van der Waals surface area contributed by atoms with Crippen LogP contribution in [0, 0.1) is 0 Å². The second-order valence-electron chi connectivity index (χ2n) is 6.24. The van der Waals surface area contributed by atoms with Crippen LogP contribution in [-0.2, 0) is 14.8 Å². The van der Waals surface area contributed by atoms with Crippen molar-refractivity contribution in [2.75, 3.05) is 10.0 Å². The SMILES string of the molecule is CC(=O)Nc1ccc(S(=O)(=O)Nc2cccc(-c3nc4cccnc4s3)c2)cc1. The number of anilines is 2. The van der Waals surface area contributed by atoms with Crippen molar-refractivity contribution in [3.63, 3.8) is 0 Å². The summed E-state index contributed by atoms with van der Waals surface area (Å²) in [5.41, 5.74) is 2.57. The molecule has 0 bridgehead atoms. The molecule has 0 saturated heterocycles. The van der Waals surface area contributed by atoms with Crippen molar-refractivity contribution in [2.24, 2.45) is 0 Å². The number of sulfonamides is 1. The minimum absolute atomic E-state index is 0.0983. The van der Waals surface area contributed by atoms with Crippen LogP contribution in [0.15, 0.2) is 71.8 Å². The van der Waals surface area contributed by atoms with Crippen LogP contribution in [0.2, 0.25) is 0 Å². The lowest BCUT2D eigenvalue weighted by molar-refractivity contribution is -0.114. The number of aromatic nitrogens is 2. The predicted molar refractivity (Wildman–Crippen MR) is 114 cm³/mol. The number of fused-ring (bicyclic) bond motifs is 1. The Morgan fingerprint density at radius 3 is 2.52 bits per heavy atom. The Bertz CT molecular complexity index is 1270. The highest BCUT2D eigenvalue weighted by Gasteiger charge is 2.15. The Morgan fingerprint density at radius 2 is 1.79 bits per heavy atom.